The van der Waals surface area contributed by atoms with E-state index in [0.29, 0.717) is 0 Å². The van der Waals surface area contributed by atoms with Gasteiger partial charge in [-0.25, -0.2) is 15.8 Å². The fourth-order valence-electron chi connectivity index (χ4n) is 1.10. The molecule has 2 N–H and O–H groups in total. The average Bonchev–Trinajstić information content (AvgIpc) is 2.26. The van der Waals surface area contributed by atoms with E-state index in [9.17, 15) is 4.79 Å². The molecule has 1 aromatic heterocycles. The summed E-state index contributed by atoms with van der Waals surface area (Å²) in [5.41, 5.74) is 0.261. The third kappa shape index (κ3) is 4.30. The Bertz CT molecular complexity index is 448. The molecule has 0 unspecified atom stereocenters. The van der Waals surface area contributed by atoms with Crippen LogP contribution in [-0.2, 0) is 8.59 Å². The van der Waals surface area contributed by atoms with Crippen molar-refractivity contribution in [2.75, 3.05) is 10.9 Å². The Morgan fingerprint density at radius 1 is 1.39 bits per heavy atom. The summed E-state index contributed by atoms with van der Waals surface area (Å²) in [6, 6.07) is 2.74. The summed E-state index contributed by atoms with van der Waals surface area (Å²) in [7, 11) is 0. The molecule has 0 aliphatic rings. The van der Waals surface area contributed by atoms with Crippen molar-refractivity contribution in [3.05, 3.63) is 22.8 Å². The molecule has 0 fully saturated rings. The molecule has 1 heterocycles. The van der Waals surface area contributed by atoms with Crippen molar-refractivity contribution in [2.45, 2.75) is 10.2 Å². The van der Waals surface area contributed by atoms with Crippen LogP contribution in [0.5, 0.6) is 0 Å². The van der Waals surface area contributed by atoms with E-state index in [1.807, 2.05) is 0 Å². The van der Waals surface area contributed by atoms with Crippen molar-refractivity contribution >= 4 is 69.7 Å². The zero-order valence-corrected chi connectivity index (χ0v) is 12.6. The number of hydrogen-bond acceptors (Lipinski definition) is 3. The van der Waals surface area contributed by atoms with Gasteiger partial charge in [0.25, 0.3) is 0 Å². The highest BCUT2D eigenvalue weighted by atomic mass is 35.6. The van der Waals surface area contributed by atoms with Gasteiger partial charge in [-0.3, -0.25) is 4.79 Å². The lowest BCUT2D eigenvalue weighted by Gasteiger charge is -2.18. The molecular formula is C9H8Cl5N3O. The summed E-state index contributed by atoms with van der Waals surface area (Å²) in [6.07, 6.45) is 0.0648. The van der Waals surface area contributed by atoms with E-state index in [1.165, 1.54) is 12.1 Å². The van der Waals surface area contributed by atoms with Gasteiger partial charge >= 0.3 is 0 Å². The van der Waals surface area contributed by atoms with Gasteiger partial charge in [0.2, 0.25) is 9.70 Å². The fraction of sp³-hybridized carbons (Fsp3) is 0.333. The number of carbonyl (C=O) groups excluding carboxylic acids is 1. The van der Waals surface area contributed by atoms with Gasteiger partial charge in [-0.15, -0.1) is 11.6 Å². The van der Waals surface area contributed by atoms with Crippen LogP contribution in [0.15, 0.2) is 12.1 Å². The Balaban J connectivity index is 3.10. The van der Waals surface area contributed by atoms with Crippen molar-refractivity contribution in [2.24, 2.45) is 5.84 Å². The van der Waals surface area contributed by atoms with Crippen molar-refractivity contribution in [1.29, 1.82) is 0 Å². The third-order valence-corrected chi connectivity index (χ3v) is 2.97. The topological polar surface area (TPSA) is 59.2 Å². The molecule has 0 atom stereocenters. The van der Waals surface area contributed by atoms with Crippen LogP contribution in [0.2, 0.25) is 5.15 Å². The molecule has 0 saturated carbocycles. The fourth-order valence-corrected chi connectivity index (χ4v) is 1.79. The molecule has 0 aliphatic carbocycles. The molecule has 18 heavy (non-hydrogen) atoms. The zero-order valence-electron chi connectivity index (χ0n) is 8.84. The Kier molecular flexibility index (Phi) is 5.77. The van der Waals surface area contributed by atoms with E-state index in [4.69, 9.17) is 63.8 Å². The summed E-state index contributed by atoms with van der Waals surface area (Å²) in [5, 5.41) is 0.872. The molecular weight excluding hydrogens is 343 g/mol. The molecule has 0 aliphatic heterocycles. The van der Waals surface area contributed by atoms with E-state index in [1.54, 1.807) is 0 Å². The number of carbonyl (C=O) groups is 1. The van der Waals surface area contributed by atoms with E-state index < -0.39 is 9.70 Å². The Morgan fingerprint density at radius 3 is 2.50 bits per heavy atom. The Morgan fingerprint density at radius 2 is 2.00 bits per heavy atom. The first-order valence-electron chi connectivity index (χ1n) is 4.64. The lowest BCUT2D eigenvalue weighted by Crippen LogP contribution is -2.38. The molecule has 0 saturated heterocycles. The maximum atomic E-state index is 11.6. The highest BCUT2D eigenvalue weighted by molar-refractivity contribution is 6.66. The number of aromatic nitrogens is 1. The maximum absolute atomic E-state index is 11.6. The van der Waals surface area contributed by atoms with Gasteiger partial charge in [-0.2, -0.15) is 0 Å². The quantitative estimate of drug-likeness (QED) is 0.298. The first-order valence-corrected chi connectivity index (χ1v) is 6.68. The van der Waals surface area contributed by atoms with Crippen LogP contribution in [0.4, 0.5) is 5.82 Å². The second-order valence-electron chi connectivity index (χ2n) is 3.24. The van der Waals surface area contributed by atoms with Crippen LogP contribution in [0.25, 0.3) is 0 Å². The van der Waals surface area contributed by atoms with Gasteiger partial charge in [0, 0.05) is 17.9 Å². The highest BCUT2D eigenvalue weighted by Gasteiger charge is 2.25. The van der Waals surface area contributed by atoms with Gasteiger partial charge in [-0.1, -0.05) is 46.4 Å². The minimum Gasteiger partial charge on any atom is -0.273 e. The van der Waals surface area contributed by atoms with Crippen LogP contribution >= 0.6 is 58.0 Å². The predicted molar refractivity (Wildman–Crippen MR) is 75.5 cm³/mol. The van der Waals surface area contributed by atoms with Gasteiger partial charge in [0.1, 0.15) is 5.15 Å². The number of amides is 1. The minimum atomic E-state index is -1.68. The standard InChI is InChI=1S/C9H8Cl5N3O/c10-2-1-8(18)17(15)7-4-5(9(12,13)14)3-6(11)16-7/h3-4H,1-2,15H2. The molecule has 1 aromatic rings. The number of halogens is 5. The first-order chi connectivity index (χ1) is 8.25. The number of nitrogens with two attached hydrogens (primary N) is 1. The van der Waals surface area contributed by atoms with Gasteiger partial charge in [-0.05, 0) is 12.1 Å². The van der Waals surface area contributed by atoms with E-state index in [-0.39, 0.29) is 28.8 Å². The molecule has 0 spiro atoms. The van der Waals surface area contributed by atoms with Gasteiger partial charge in [0.15, 0.2) is 5.82 Å². The van der Waals surface area contributed by atoms with Crippen LogP contribution in [0.3, 0.4) is 0 Å². The van der Waals surface area contributed by atoms with Gasteiger partial charge in [0.05, 0.1) is 0 Å². The molecule has 0 radical (unpaired) electrons. The summed E-state index contributed by atoms with van der Waals surface area (Å²) < 4.78 is -1.68. The summed E-state index contributed by atoms with van der Waals surface area (Å²) >= 11 is 28.4. The average molecular weight is 351 g/mol. The van der Waals surface area contributed by atoms with Crippen molar-refractivity contribution in [3.63, 3.8) is 0 Å². The maximum Gasteiger partial charge on any atom is 0.243 e. The number of rotatable bonds is 3. The van der Waals surface area contributed by atoms with Crippen LogP contribution in [-0.4, -0.2) is 16.8 Å². The first kappa shape index (κ1) is 16.1. The van der Waals surface area contributed by atoms with E-state index in [2.05, 4.69) is 4.98 Å². The Labute approximate surface area is 129 Å². The van der Waals surface area contributed by atoms with Crippen LogP contribution in [0, 0.1) is 0 Å². The predicted octanol–water partition coefficient (Wildman–Crippen LogP) is 3.40. The zero-order chi connectivity index (χ0) is 13.9. The molecule has 1 rings (SSSR count). The van der Waals surface area contributed by atoms with Crippen LogP contribution < -0.4 is 10.9 Å². The van der Waals surface area contributed by atoms with Crippen molar-refractivity contribution in [1.82, 2.24) is 4.98 Å². The summed E-state index contributed by atoms with van der Waals surface area (Å²) in [6.45, 7) is 0. The normalized spacial score (nSPS) is 11.4. The van der Waals surface area contributed by atoms with Crippen molar-refractivity contribution in [3.8, 4) is 0 Å². The number of pyridine rings is 1. The molecule has 100 valence electrons. The SMILES string of the molecule is NN(C(=O)CCCl)c1cc(C(Cl)(Cl)Cl)cc(Cl)n1. The summed E-state index contributed by atoms with van der Waals surface area (Å²) in [5.74, 6) is 5.38. The largest absolute Gasteiger partial charge is 0.273 e. The minimum absolute atomic E-state index is 0.0583. The lowest BCUT2D eigenvalue weighted by atomic mass is 10.3. The monoisotopic (exact) mass is 349 g/mol. The number of alkyl halides is 4. The molecule has 0 aromatic carbocycles. The number of nitrogens with zero attached hydrogens (tertiary/aromatic N) is 2. The number of hydrazine groups is 1. The number of hydrogen-bond donors (Lipinski definition) is 1. The molecule has 1 amide bonds. The smallest absolute Gasteiger partial charge is 0.243 e. The van der Waals surface area contributed by atoms with Crippen LogP contribution in [0.1, 0.15) is 12.0 Å². The van der Waals surface area contributed by atoms with E-state index in [0.717, 1.165) is 5.01 Å². The van der Waals surface area contributed by atoms with Crippen molar-refractivity contribution < 1.29 is 4.79 Å². The Hall–Kier alpha value is 0.0300. The number of anilines is 1. The molecule has 4 nitrogen and oxygen atoms in total. The second kappa shape index (κ2) is 6.46. The van der Waals surface area contributed by atoms with Gasteiger partial charge < -0.3 is 0 Å². The lowest BCUT2D eigenvalue weighted by molar-refractivity contribution is -0.118. The third-order valence-electron chi connectivity index (χ3n) is 1.93. The molecule has 0 bridgehead atoms. The highest BCUT2D eigenvalue weighted by Crippen LogP contribution is 2.39. The summed E-state index contributed by atoms with van der Waals surface area (Å²) in [4.78, 5) is 15.4. The molecule has 9 heteroatoms. The van der Waals surface area contributed by atoms with E-state index >= 15 is 0 Å². The second-order valence-corrected chi connectivity index (χ2v) is 6.28.